The molecule has 0 fully saturated rings. The van der Waals surface area contributed by atoms with Crippen LogP contribution in [-0.2, 0) is 21.4 Å². The Bertz CT molecular complexity index is 1500. The molecule has 1 amide bonds. The van der Waals surface area contributed by atoms with Gasteiger partial charge in [0.1, 0.15) is 0 Å². The van der Waals surface area contributed by atoms with Crippen LogP contribution in [-0.4, -0.2) is 41.6 Å². The normalized spacial score (nSPS) is 12.8. The fraction of sp³-hybridized carbons (Fsp3) is 0.259. The van der Waals surface area contributed by atoms with Crippen LogP contribution in [0.3, 0.4) is 0 Å². The summed E-state index contributed by atoms with van der Waals surface area (Å²) in [5.74, 6) is 5.64. The van der Waals surface area contributed by atoms with Gasteiger partial charge in [0.15, 0.2) is 0 Å². The number of nitrogens with zero attached hydrogens (tertiary/aromatic N) is 3. The van der Waals surface area contributed by atoms with Crippen LogP contribution in [0.25, 0.3) is 11.0 Å². The Morgan fingerprint density at radius 2 is 1.87 bits per heavy atom. The average molecular weight is 537 g/mol. The SMILES string of the molecule is CC(C)(CCn1cnc2cc(N(N)C=O)ccc21)NCC(O)c1cccc(NS(=O)(=O)c2ccccc2)c1. The molecule has 10 nitrogen and oxygen atoms in total. The Hall–Kier alpha value is -3.77. The number of aliphatic hydroxyl groups excluding tert-OH is 1. The number of carbonyl (C=O) groups excluding carboxylic acids is 1. The highest BCUT2D eigenvalue weighted by atomic mass is 32.2. The van der Waals surface area contributed by atoms with Crippen molar-refractivity contribution in [3.63, 3.8) is 0 Å². The summed E-state index contributed by atoms with van der Waals surface area (Å²) in [4.78, 5) is 15.5. The minimum absolute atomic E-state index is 0.169. The molecule has 1 heterocycles. The molecule has 0 spiro atoms. The van der Waals surface area contributed by atoms with Crippen molar-refractivity contribution in [2.75, 3.05) is 16.3 Å². The quantitative estimate of drug-likeness (QED) is 0.0943. The van der Waals surface area contributed by atoms with Gasteiger partial charge in [-0.1, -0.05) is 30.3 Å². The number of imidazole rings is 1. The lowest BCUT2D eigenvalue weighted by Gasteiger charge is -2.28. The molecule has 4 rings (SSSR count). The second-order valence-electron chi connectivity index (χ2n) is 9.70. The minimum atomic E-state index is -3.72. The van der Waals surface area contributed by atoms with Crippen LogP contribution in [0.2, 0.25) is 0 Å². The molecule has 0 radical (unpaired) electrons. The van der Waals surface area contributed by atoms with E-state index >= 15 is 0 Å². The van der Waals surface area contributed by atoms with Crippen molar-refractivity contribution in [2.45, 2.75) is 43.4 Å². The van der Waals surface area contributed by atoms with Gasteiger partial charge in [0, 0.05) is 24.3 Å². The number of hydrazine groups is 1. The van der Waals surface area contributed by atoms with E-state index in [1.807, 2.05) is 10.6 Å². The maximum Gasteiger partial charge on any atom is 0.261 e. The molecule has 0 aliphatic rings. The molecule has 0 aliphatic carbocycles. The summed E-state index contributed by atoms with van der Waals surface area (Å²) in [5, 5.41) is 15.2. The molecule has 0 saturated carbocycles. The molecule has 1 atom stereocenters. The maximum atomic E-state index is 12.6. The molecule has 1 aromatic heterocycles. The highest BCUT2D eigenvalue weighted by molar-refractivity contribution is 7.92. The van der Waals surface area contributed by atoms with Gasteiger partial charge in [0.2, 0.25) is 6.41 Å². The first-order chi connectivity index (χ1) is 18.1. The van der Waals surface area contributed by atoms with E-state index in [0.29, 0.717) is 29.9 Å². The predicted octanol–water partition coefficient (Wildman–Crippen LogP) is 3.17. The van der Waals surface area contributed by atoms with Crippen molar-refractivity contribution >= 4 is 38.8 Å². The molecule has 3 aromatic carbocycles. The van der Waals surface area contributed by atoms with Gasteiger partial charge in [-0.2, -0.15) is 0 Å². The number of nitrogens with two attached hydrogens (primary N) is 1. The summed E-state index contributed by atoms with van der Waals surface area (Å²) in [6.07, 6.45) is 2.21. The van der Waals surface area contributed by atoms with Crippen molar-refractivity contribution in [3.8, 4) is 0 Å². The van der Waals surface area contributed by atoms with E-state index in [2.05, 4.69) is 28.9 Å². The number of nitrogens with one attached hydrogen (secondary N) is 2. The van der Waals surface area contributed by atoms with Crippen LogP contribution in [0.15, 0.2) is 84.0 Å². The highest BCUT2D eigenvalue weighted by Gasteiger charge is 2.21. The third-order valence-electron chi connectivity index (χ3n) is 6.35. The van der Waals surface area contributed by atoms with Crippen LogP contribution in [0.4, 0.5) is 11.4 Å². The van der Waals surface area contributed by atoms with Gasteiger partial charge in [-0.25, -0.2) is 19.2 Å². The van der Waals surface area contributed by atoms with Crippen molar-refractivity contribution in [3.05, 3.63) is 84.7 Å². The monoisotopic (exact) mass is 536 g/mol. The summed E-state index contributed by atoms with van der Waals surface area (Å²) < 4.78 is 29.9. The lowest BCUT2D eigenvalue weighted by atomic mass is 9.99. The van der Waals surface area contributed by atoms with Gasteiger partial charge in [-0.15, -0.1) is 0 Å². The standard InChI is InChI=1S/C27H32N6O4S/c1-27(2,13-14-32-18-29-24-16-22(33(28)19-34)11-12-25(24)32)30-17-26(35)20-7-6-8-21(15-20)31-38(36,37)23-9-4-3-5-10-23/h3-12,15-16,18-19,26,30-31,35H,13-14,17,28H2,1-2H3. The number of hydrogen-bond acceptors (Lipinski definition) is 7. The Morgan fingerprint density at radius 1 is 1.11 bits per heavy atom. The molecule has 5 N–H and O–H groups in total. The van der Waals surface area contributed by atoms with Gasteiger partial charge >= 0.3 is 0 Å². The van der Waals surface area contributed by atoms with E-state index < -0.39 is 16.1 Å². The molecule has 0 bridgehead atoms. The first-order valence-corrected chi connectivity index (χ1v) is 13.6. The Kier molecular flexibility index (Phi) is 8.12. The zero-order chi connectivity index (χ0) is 27.3. The molecular weight excluding hydrogens is 504 g/mol. The average Bonchev–Trinajstić information content (AvgIpc) is 3.33. The predicted molar refractivity (Wildman–Crippen MR) is 148 cm³/mol. The number of benzene rings is 3. The number of carbonyl (C=O) groups is 1. The molecule has 0 aliphatic heterocycles. The summed E-state index contributed by atoms with van der Waals surface area (Å²) in [7, 11) is -3.72. The van der Waals surface area contributed by atoms with Gasteiger partial charge in [-0.3, -0.25) is 14.5 Å². The second-order valence-corrected chi connectivity index (χ2v) is 11.4. The number of fused-ring (bicyclic) bond motifs is 1. The van der Waals surface area contributed by atoms with Crippen molar-refractivity contribution in [1.29, 1.82) is 0 Å². The van der Waals surface area contributed by atoms with Crippen molar-refractivity contribution in [1.82, 2.24) is 14.9 Å². The number of sulfonamides is 1. The molecule has 0 saturated heterocycles. The zero-order valence-corrected chi connectivity index (χ0v) is 22.1. The number of amides is 1. The zero-order valence-electron chi connectivity index (χ0n) is 21.3. The van der Waals surface area contributed by atoms with Crippen LogP contribution in [0.5, 0.6) is 0 Å². The van der Waals surface area contributed by atoms with Crippen LogP contribution in [0.1, 0.15) is 31.9 Å². The summed E-state index contributed by atoms with van der Waals surface area (Å²) >= 11 is 0. The van der Waals surface area contributed by atoms with Gasteiger partial charge in [0.25, 0.3) is 10.0 Å². The van der Waals surface area contributed by atoms with E-state index in [-0.39, 0.29) is 17.0 Å². The summed E-state index contributed by atoms with van der Waals surface area (Å²) in [5.41, 5.74) is 2.90. The van der Waals surface area contributed by atoms with Gasteiger partial charge in [-0.05, 0) is 68.3 Å². The number of aliphatic hydroxyl groups is 1. The number of aromatic nitrogens is 2. The third kappa shape index (κ3) is 6.56. The van der Waals surface area contributed by atoms with Crippen LogP contribution < -0.4 is 20.9 Å². The van der Waals surface area contributed by atoms with E-state index in [0.717, 1.165) is 22.5 Å². The second kappa shape index (κ2) is 11.3. The van der Waals surface area contributed by atoms with Gasteiger partial charge < -0.3 is 15.0 Å². The Morgan fingerprint density at radius 3 is 2.61 bits per heavy atom. The number of anilines is 2. The Balaban J connectivity index is 1.35. The lowest BCUT2D eigenvalue weighted by Crippen LogP contribution is -2.42. The van der Waals surface area contributed by atoms with Crippen LogP contribution >= 0.6 is 0 Å². The number of hydrogen-bond donors (Lipinski definition) is 4. The minimum Gasteiger partial charge on any atom is -0.387 e. The number of rotatable bonds is 12. The number of aryl methyl sites for hydroxylation is 1. The smallest absolute Gasteiger partial charge is 0.261 e. The molecule has 200 valence electrons. The molecular formula is C27H32N6O4S. The summed E-state index contributed by atoms with van der Waals surface area (Å²) in [6.45, 7) is 5.08. The topological polar surface area (TPSA) is 143 Å². The number of β-amino-alcohol motifs (C(OH)–C–C–N with tert-alkyl or cyclic N) is 1. The maximum absolute atomic E-state index is 12.6. The first kappa shape index (κ1) is 27.3. The fourth-order valence-electron chi connectivity index (χ4n) is 4.05. The molecule has 4 aromatic rings. The first-order valence-electron chi connectivity index (χ1n) is 12.1. The highest BCUT2D eigenvalue weighted by Crippen LogP contribution is 2.23. The summed E-state index contributed by atoms with van der Waals surface area (Å²) in [6, 6.07) is 20.3. The Labute approximate surface area is 222 Å². The van der Waals surface area contributed by atoms with Crippen molar-refractivity contribution in [2.24, 2.45) is 5.84 Å². The van der Waals surface area contributed by atoms with Crippen LogP contribution in [0, 0.1) is 0 Å². The molecule has 1 unspecified atom stereocenters. The van der Waals surface area contributed by atoms with E-state index in [1.54, 1.807) is 60.9 Å². The largest absolute Gasteiger partial charge is 0.387 e. The third-order valence-corrected chi connectivity index (χ3v) is 7.74. The van der Waals surface area contributed by atoms with Crippen molar-refractivity contribution < 1.29 is 18.3 Å². The van der Waals surface area contributed by atoms with E-state index in [1.165, 1.54) is 12.1 Å². The molecule has 38 heavy (non-hydrogen) atoms. The lowest BCUT2D eigenvalue weighted by molar-refractivity contribution is -0.107. The van der Waals surface area contributed by atoms with E-state index in [9.17, 15) is 18.3 Å². The fourth-order valence-corrected chi connectivity index (χ4v) is 5.12. The molecule has 11 heteroatoms. The van der Waals surface area contributed by atoms with E-state index in [4.69, 9.17) is 5.84 Å². The van der Waals surface area contributed by atoms with Gasteiger partial charge in [0.05, 0.1) is 34.0 Å².